The van der Waals surface area contributed by atoms with Gasteiger partial charge in [-0.3, -0.25) is 0 Å². The van der Waals surface area contributed by atoms with E-state index in [9.17, 15) is 4.79 Å². The molecule has 1 aliphatic heterocycles. The second kappa shape index (κ2) is 4.63. The Hall–Kier alpha value is -2.81. The summed E-state index contributed by atoms with van der Waals surface area (Å²) in [6, 6.07) is 21.7. The number of amides is 1. The van der Waals surface area contributed by atoms with E-state index in [0.717, 1.165) is 21.9 Å². The highest BCUT2D eigenvalue weighted by Gasteiger charge is 2.28. The number of ether oxygens (including phenoxy) is 1. The Labute approximate surface area is 122 Å². The Kier molecular flexibility index (Phi) is 2.64. The van der Waals surface area contributed by atoms with E-state index in [1.807, 2.05) is 54.6 Å². The van der Waals surface area contributed by atoms with Gasteiger partial charge in [-0.2, -0.15) is 0 Å². The Morgan fingerprint density at radius 2 is 1.62 bits per heavy atom. The second-order valence-corrected chi connectivity index (χ2v) is 5.08. The van der Waals surface area contributed by atoms with Gasteiger partial charge in [-0.25, -0.2) is 4.79 Å². The van der Waals surface area contributed by atoms with Crippen LogP contribution in [0.4, 0.5) is 4.79 Å². The fourth-order valence-corrected chi connectivity index (χ4v) is 2.88. The van der Waals surface area contributed by atoms with Crippen molar-refractivity contribution >= 4 is 16.9 Å². The molecule has 21 heavy (non-hydrogen) atoms. The van der Waals surface area contributed by atoms with Crippen molar-refractivity contribution in [2.24, 2.45) is 0 Å². The minimum absolute atomic E-state index is 0.187. The first kappa shape index (κ1) is 12.0. The first-order chi connectivity index (χ1) is 10.3. The van der Waals surface area contributed by atoms with E-state index >= 15 is 0 Å². The minimum atomic E-state index is -0.411. The third-order valence-electron chi connectivity index (χ3n) is 3.82. The number of carbonyl (C=O) groups is 1. The summed E-state index contributed by atoms with van der Waals surface area (Å²) in [5, 5.41) is 5.16. The molecule has 0 saturated carbocycles. The first-order valence-electron chi connectivity index (χ1n) is 6.88. The molecule has 102 valence electrons. The summed E-state index contributed by atoms with van der Waals surface area (Å²) in [7, 11) is 0. The van der Waals surface area contributed by atoms with E-state index in [0.29, 0.717) is 5.75 Å². The average Bonchev–Trinajstić information content (AvgIpc) is 2.54. The molecule has 1 aliphatic rings. The minimum Gasteiger partial charge on any atom is -0.410 e. The lowest BCUT2D eigenvalue weighted by Crippen LogP contribution is -2.36. The van der Waals surface area contributed by atoms with E-state index in [1.54, 1.807) is 0 Å². The van der Waals surface area contributed by atoms with Crippen molar-refractivity contribution in [3.05, 3.63) is 77.9 Å². The van der Waals surface area contributed by atoms with Crippen molar-refractivity contribution < 1.29 is 9.53 Å². The van der Waals surface area contributed by atoms with Gasteiger partial charge in [0, 0.05) is 5.56 Å². The van der Waals surface area contributed by atoms with Gasteiger partial charge in [0.25, 0.3) is 0 Å². The van der Waals surface area contributed by atoms with Crippen molar-refractivity contribution in [3.8, 4) is 5.75 Å². The fraction of sp³-hybridized carbons (Fsp3) is 0.0556. The van der Waals surface area contributed by atoms with Crippen LogP contribution in [-0.4, -0.2) is 6.09 Å². The Morgan fingerprint density at radius 1 is 0.857 bits per heavy atom. The van der Waals surface area contributed by atoms with Crippen LogP contribution < -0.4 is 10.1 Å². The maximum Gasteiger partial charge on any atom is 0.413 e. The number of rotatable bonds is 1. The molecule has 0 fully saturated rings. The van der Waals surface area contributed by atoms with Crippen molar-refractivity contribution in [1.29, 1.82) is 0 Å². The van der Waals surface area contributed by atoms with Crippen molar-refractivity contribution in [2.45, 2.75) is 6.04 Å². The maximum absolute atomic E-state index is 11.8. The zero-order valence-corrected chi connectivity index (χ0v) is 11.2. The van der Waals surface area contributed by atoms with Gasteiger partial charge >= 0.3 is 6.09 Å². The van der Waals surface area contributed by atoms with Gasteiger partial charge in [0.05, 0.1) is 6.04 Å². The van der Waals surface area contributed by atoms with Gasteiger partial charge in [-0.05, 0) is 22.4 Å². The number of nitrogens with one attached hydrogen (secondary N) is 1. The standard InChI is InChI=1S/C18H13NO2/c20-18-19-17(13-7-2-1-3-8-13)16-14-9-5-4-6-12(14)10-11-15(16)21-18/h1-11,17H,(H,19,20)/t17-/m1/s1. The number of fused-ring (bicyclic) bond motifs is 3. The molecular weight excluding hydrogens is 262 g/mol. The topological polar surface area (TPSA) is 38.3 Å². The highest BCUT2D eigenvalue weighted by molar-refractivity contribution is 5.91. The Balaban J connectivity index is 2.00. The highest BCUT2D eigenvalue weighted by atomic mass is 16.6. The predicted molar refractivity (Wildman–Crippen MR) is 81.4 cm³/mol. The third kappa shape index (κ3) is 1.94. The molecule has 3 nitrogen and oxygen atoms in total. The summed E-state index contributed by atoms with van der Waals surface area (Å²) in [6.45, 7) is 0. The van der Waals surface area contributed by atoms with Crippen LogP contribution in [0.1, 0.15) is 17.2 Å². The van der Waals surface area contributed by atoms with E-state index < -0.39 is 6.09 Å². The quantitative estimate of drug-likeness (QED) is 0.728. The molecule has 1 N–H and O–H groups in total. The van der Waals surface area contributed by atoms with Crippen molar-refractivity contribution in [1.82, 2.24) is 5.32 Å². The Morgan fingerprint density at radius 3 is 2.48 bits per heavy atom. The Bertz CT molecular complexity index is 827. The van der Waals surface area contributed by atoms with Crippen LogP contribution in [-0.2, 0) is 0 Å². The molecule has 0 spiro atoms. The predicted octanol–water partition coefficient (Wildman–Crippen LogP) is 4.03. The van der Waals surface area contributed by atoms with Crippen LogP contribution in [0.25, 0.3) is 10.8 Å². The first-order valence-corrected chi connectivity index (χ1v) is 6.88. The van der Waals surface area contributed by atoms with Crippen LogP contribution in [0.2, 0.25) is 0 Å². The second-order valence-electron chi connectivity index (χ2n) is 5.08. The van der Waals surface area contributed by atoms with Gasteiger partial charge in [0.2, 0.25) is 0 Å². The van der Waals surface area contributed by atoms with Crippen LogP contribution in [0, 0.1) is 0 Å². The van der Waals surface area contributed by atoms with E-state index in [2.05, 4.69) is 17.4 Å². The van der Waals surface area contributed by atoms with Crippen LogP contribution in [0.3, 0.4) is 0 Å². The molecule has 3 heteroatoms. The molecule has 0 aromatic heterocycles. The van der Waals surface area contributed by atoms with Crippen molar-refractivity contribution in [2.75, 3.05) is 0 Å². The molecule has 0 bridgehead atoms. The molecule has 1 amide bonds. The number of benzene rings is 3. The van der Waals surface area contributed by atoms with Crippen LogP contribution >= 0.6 is 0 Å². The molecular formula is C18H13NO2. The molecule has 0 radical (unpaired) electrons. The average molecular weight is 275 g/mol. The van der Waals surface area contributed by atoms with Gasteiger partial charge in [0.1, 0.15) is 5.75 Å². The lowest BCUT2D eigenvalue weighted by Gasteiger charge is -2.27. The SMILES string of the molecule is O=C1N[C@H](c2ccccc2)c2c(ccc3ccccc23)O1. The largest absolute Gasteiger partial charge is 0.413 e. The van der Waals surface area contributed by atoms with E-state index in [1.165, 1.54) is 0 Å². The van der Waals surface area contributed by atoms with Gasteiger partial charge in [-0.1, -0.05) is 60.7 Å². The molecule has 1 heterocycles. The lowest BCUT2D eigenvalue weighted by molar-refractivity contribution is 0.191. The van der Waals surface area contributed by atoms with Gasteiger partial charge in [-0.15, -0.1) is 0 Å². The van der Waals surface area contributed by atoms with Crippen LogP contribution in [0.15, 0.2) is 66.7 Å². The summed E-state index contributed by atoms with van der Waals surface area (Å²) < 4.78 is 5.34. The smallest absolute Gasteiger partial charge is 0.410 e. The molecule has 3 aromatic rings. The molecule has 0 aliphatic carbocycles. The number of carbonyl (C=O) groups excluding carboxylic acids is 1. The van der Waals surface area contributed by atoms with Crippen molar-refractivity contribution in [3.63, 3.8) is 0 Å². The molecule has 0 saturated heterocycles. The third-order valence-corrected chi connectivity index (χ3v) is 3.82. The zero-order chi connectivity index (χ0) is 14.2. The highest BCUT2D eigenvalue weighted by Crippen LogP contribution is 2.38. The van der Waals surface area contributed by atoms with E-state index in [-0.39, 0.29) is 6.04 Å². The maximum atomic E-state index is 11.8. The normalized spacial score (nSPS) is 17.0. The summed E-state index contributed by atoms with van der Waals surface area (Å²) >= 11 is 0. The molecule has 1 atom stereocenters. The summed E-state index contributed by atoms with van der Waals surface area (Å²) in [6.07, 6.45) is -0.411. The lowest BCUT2D eigenvalue weighted by atomic mass is 9.92. The summed E-state index contributed by atoms with van der Waals surface area (Å²) in [5.74, 6) is 0.631. The number of hydrogen-bond donors (Lipinski definition) is 1. The monoisotopic (exact) mass is 275 g/mol. The fourth-order valence-electron chi connectivity index (χ4n) is 2.88. The zero-order valence-electron chi connectivity index (χ0n) is 11.2. The van der Waals surface area contributed by atoms with Crippen LogP contribution in [0.5, 0.6) is 5.75 Å². The summed E-state index contributed by atoms with van der Waals surface area (Å²) in [4.78, 5) is 11.8. The van der Waals surface area contributed by atoms with E-state index in [4.69, 9.17) is 4.74 Å². The summed E-state index contributed by atoms with van der Waals surface area (Å²) in [5.41, 5.74) is 2.06. The molecule has 3 aromatic carbocycles. The number of hydrogen-bond acceptors (Lipinski definition) is 2. The van der Waals surface area contributed by atoms with Gasteiger partial charge < -0.3 is 10.1 Å². The molecule has 0 unspecified atom stereocenters. The molecule has 4 rings (SSSR count). The van der Waals surface area contributed by atoms with Gasteiger partial charge in [0.15, 0.2) is 0 Å².